The molecule has 0 aliphatic heterocycles. The molecule has 0 spiro atoms. The number of rotatable bonds is 4. The third kappa shape index (κ3) is 4.74. The van der Waals surface area contributed by atoms with Crippen molar-refractivity contribution in [1.82, 2.24) is 0 Å². The molecule has 0 unspecified atom stereocenters. The van der Waals surface area contributed by atoms with Crippen LogP contribution >= 0.6 is 22.6 Å². The molecule has 0 aromatic heterocycles. The number of nitriles is 2. The highest BCUT2D eigenvalue weighted by atomic mass is 127. The lowest BCUT2D eigenvalue weighted by atomic mass is 10.2. The number of nitro groups is 1. The van der Waals surface area contributed by atoms with Crippen molar-refractivity contribution < 1.29 is 22.8 Å². The first-order valence-corrected chi connectivity index (χ1v) is 6.13. The summed E-state index contributed by atoms with van der Waals surface area (Å²) in [5.74, 6) is -0.912. The first kappa shape index (κ1) is 17.4. The molecule has 1 N–H and O–H groups in total. The van der Waals surface area contributed by atoms with Crippen molar-refractivity contribution in [3.05, 3.63) is 25.8 Å². The van der Waals surface area contributed by atoms with Crippen molar-refractivity contribution in [3.8, 4) is 17.9 Å². The molecule has 0 bridgehead atoms. The van der Waals surface area contributed by atoms with Gasteiger partial charge in [-0.05, 0) is 28.7 Å². The summed E-state index contributed by atoms with van der Waals surface area (Å²) in [5.41, 5.74) is -0.333. The monoisotopic (exact) mass is 425 g/mol. The molecule has 0 radical (unpaired) electrons. The minimum atomic E-state index is -5.09. The zero-order valence-electron chi connectivity index (χ0n) is 10.2. The maximum absolute atomic E-state index is 12.4. The fourth-order valence-electron chi connectivity index (χ4n) is 1.22. The second-order valence-corrected chi connectivity index (χ2v) is 4.64. The molecule has 0 fully saturated rings. The van der Waals surface area contributed by atoms with E-state index in [1.807, 2.05) is 5.43 Å². The highest BCUT2D eigenvalue weighted by Gasteiger charge is 2.34. The average molecular weight is 425 g/mol. The number of hydrogen-bond donors (Lipinski definition) is 1. The Labute approximate surface area is 134 Å². The second kappa shape index (κ2) is 6.90. The van der Waals surface area contributed by atoms with E-state index in [1.165, 1.54) is 12.1 Å². The van der Waals surface area contributed by atoms with Crippen LogP contribution in [0.4, 0.5) is 24.5 Å². The van der Waals surface area contributed by atoms with Gasteiger partial charge in [-0.1, -0.05) is 0 Å². The molecule has 22 heavy (non-hydrogen) atoms. The molecule has 0 atom stereocenters. The minimum Gasteiger partial charge on any atom is -0.403 e. The standard InChI is InChI=1S/C10H3F3IN5O3/c11-10(12,13)22-8-2-5(14)1-7(19(20)21)9(8)18-17-6(3-15)4-16/h1-2,18H. The van der Waals surface area contributed by atoms with Crippen LogP contribution in [0.3, 0.4) is 0 Å². The van der Waals surface area contributed by atoms with E-state index in [1.54, 1.807) is 22.6 Å². The van der Waals surface area contributed by atoms with Crippen LogP contribution in [0.5, 0.6) is 5.75 Å². The van der Waals surface area contributed by atoms with Crippen LogP contribution in [0.25, 0.3) is 0 Å². The van der Waals surface area contributed by atoms with E-state index in [0.717, 1.165) is 12.1 Å². The average Bonchev–Trinajstić information content (AvgIpc) is 2.39. The predicted molar refractivity (Wildman–Crippen MR) is 74.8 cm³/mol. The molecule has 1 aromatic rings. The molecular formula is C10H3F3IN5O3. The molecule has 0 aliphatic rings. The maximum atomic E-state index is 12.4. The van der Waals surface area contributed by atoms with E-state index < -0.39 is 34.1 Å². The van der Waals surface area contributed by atoms with Crippen molar-refractivity contribution in [1.29, 1.82) is 10.5 Å². The van der Waals surface area contributed by atoms with Gasteiger partial charge in [-0.2, -0.15) is 15.6 Å². The summed E-state index contributed by atoms with van der Waals surface area (Å²) >= 11 is 1.57. The van der Waals surface area contributed by atoms with Gasteiger partial charge in [-0.25, -0.2) is 0 Å². The van der Waals surface area contributed by atoms with Crippen LogP contribution in [-0.4, -0.2) is 17.0 Å². The van der Waals surface area contributed by atoms with E-state index in [-0.39, 0.29) is 3.57 Å². The number of hydrogen-bond acceptors (Lipinski definition) is 7. The number of nitrogens with one attached hydrogen (secondary N) is 1. The fraction of sp³-hybridized carbons (Fsp3) is 0.100. The third-order valence-corrected chi connectivity index (χ3v) is 2.58. The minimum absolute atomic E-state index is 0.110. The quantitative estimate of drug-likeness (QED) is 0.343. The van der Waals surface area contributed by atoms with E-state index in [9.17, 15) is 23.3 Å². The number of alkyl halides is 3. The van der Waals surface area contributed by atoms with Gasteiger partial charge in [0, 0.05) is 9.64 Å². The fourth-order valence-corrected chi connectivity index (χ4v) is 1.79. The van der Waals surface area contributed by atoms with E-state index in [2.05, 4.69) is 9.84 Å². The number of hydrazone groups is 1. The molecule has 1 aromatic carbocycles. The number of ether oxygens (including phenoxy) is 1. The van der Waals surface area contributed by atoms with Crippen LogP contribution < -0.4 is 10.2 Å². The molecule has 1 rings (SSSR count). The van der Waals surface area contributed by atoms with Gasteiger partial charge in [0.25, 0.3) is 5.69 Å². The molecule has 0 saturated carbocycles. The number of nitro benzene ring substituents is 1. The van der Waals surface area contributed by atoms with Crippen LogP contribution in [0.1, 0.15) is 0 Å². The molecule has 0 heterocycles. The van der Waals surface area contributed by atoms with Gasteiger partial charge in [0.2, 0.25) is 5.71 Å². The van der Waals surface area contributed by atoms with Crippen molar-refractivity contribution in [2.75, 3.05) is 5.43 Å². The molecule has 0 amide bonds. The second-order valence-electron chi connectivity index (χ2n) is 3.40. The Morgan fingerprint density at radius 2 is 2.00 bits per heavy atom. The van der Waals surface area contributed by atoms with Gasteiger partial charge < -0.3 is 4.74 Å². The topological polar surface area (TPSA) is 124 Å². The molecular weight excluding hydrogens is 422 g/mol. The molecule has 114 valence electrons. The van der Waals surface area contributed by atoms with Crippen molar-refractivity contribution in [2.45, 2.75) is 6.36 Å². The SMILES string of the molecule is N#CC(C#N)=NNc1c(OC(F)(F)F)cc(I)cc1[N+](=O)[O-]. The van der Waals surface area contributed by atoms with Crippen molar-refractivity contribution >= 4 is 39.7 Å². The highest BCUT2D eigenvalue weighted by molar-refractivity contribution is 14.1. The van der Waals surface area contributed by atoms with Gasteiger partial charge in [-0.15, -0.1) is 13.2 Å². The normalized spacial score (nSPS) is 10.1. The van der Waals surface area contributed by atoms with Crippen LogP contribution in [0, 0.1) is 36.3 Å². The number of anilines is 1. The first-order chi connectivity index (χ1) is 10.2. The van der Waals surface area contributed by atoms with Gasteiger partial charge in [0.05, 0.1) is 4.92 Å². The summed E-state index contributed by atoms with van der Waals surface area (Å²) < 4.78 is 40.9. The summed E-state index contributed by atoms with van der Waals surface area (Å²) in [6.07, 6.45) is -5.09. The largest absolute Gasteiger partial charge is 0.573 e. The van der Waals surface area contributed by atoms with Gasteiger partial charge >= 0.3 is 6.36 Å². The highest BCUT2D eigenvalue weighted by Crippen LogP contribution is 2.39. The lowest BCUT2D eigenvalue weighted by Crippen LogP contribution is -2.18. The summed E-state index contributed by atoms with van der Waals surface area (Å²) in [5, 5.41) is 31.1. The zero-order valence-corrected chi connectivity index (χ0v) is 12.3. The number of benzene rings is 1. The van der Waals surface area contributed by atoms with Crippen LogP contribution in [0.2, 0.25) is 0 Å². The van der Waals surface area contributed by atoms with Crippen molar-refractivity contribution in [2.24, 2.45) is 5.10 Å². The Kier molecular flexibility index (Phi) is 5.47. The first-order valence-electron chi connectivity index (χ1n) is 5.05. The van der Waals surface area contributed by atoms with E-state index >= 15 is 0 Å². The van der Waals surface area contributed by atoms with Crippen LogP contribution in [-0.2, 0) is 0 Å². The lowest BCUT2D eigenvalue weighted by molar-refractivity contribution is -0.384. The Morgan fingerprint density at radius 3 is 2.45 bits per heavy atom. The van der Waals surface area contributed by atoms with Gasteiger partial charge in [0.15, 0.2) is 11.4 Å². The van der Waals surface area contributed by atoms with Crippen molar-refractivity contribution in [3.63, 3.8) is 0 Å². The summed E-state index contributed by atoms with van der Waals surface area (Å²) in [7, 11) is 0. The predicted octanol–water partition coefficient (Wildman–Crippen LogP) is 2.91. The smallest absolute Gasteiger partial charge is 0.403 e. The molecule has 8 nitrogen and oxygen atoms in total. The van der Waals surface area contributed by atoms with Crippen LogP contribution in [0.15, 0.2) is 17.2 Å². The summed E-state index contributed by atoms with van der Waals surface area (Å²) in [6.45, 7) is 0. The summed E-state index contributed by atoms with van der Waals surface area (Å²) in [4.78, 5) is 9.97. The zero-order chi connectivity index (χ0) is 16.9. The van der Waals surface area contributed by atoms with Gasteiger partial charge in [0.1, 0.15) is 12.1 Å². The third-order valence-electron chi connectivity index (χ3n) is 1.96. The number of halogens is 4. The lowest BCUT2D eigenvalue weighted by Gasteiger charge is -2.13. The Bertz CT molecular complexity index is 704. The summed E-state index contributed by atoms with van der Waals surface area (Å²) in [6, 6.07) is 4.54. The number of nitrogens with zero attached hydrogens (tertiary/aromatic N) is 4. The molecule has 12 heteroatoms. The maximum Gasteiger partial charge on any atom is 0.573 e. The van der Waals surface area contributed by atoms with E-state index in [4.69, 9.17) is 10.5 Å². The Balaban J connectivity index is 3.43. The van der Waals surface area contributed by atoms with E-state index in [0.29, 0.717) is 0 Å². The molecule has 0 aliphatic carbocycles. The Morgan fingerprint density at radius 1 is 1.41 bits per heavy atom. The Hall–Kier alpha value is -2.61. The molecule has 0 saturated heterocycles. The van der Waals surface area contributed by atoms with Gasteiger partial charge in [-0.3, -0.25) is 15.5 Å².